The lowest BCUT2D eigenvalue weighted by Gasteiger charge is -2.33. The van der Waals surface area contributed by atoms with Crippen molar-refractivity contribution in [3.05, 3.63) is 29.6 Å². The fraction of sp³-hybridized carbons (Fsp3) is 0.588. The molecule has 0 aliphatic carbocycles. The van der Waals surface area contributed by atoms with Crippen LogP contribution >= 0.6 is 12.2 Å². The van der Waals surface area contributed by atoms with Crippen molar-refractivity contribution in [1.29, 1.82) is 0 Å². The third-order valence-corrected chi connectivity index (χ3v) is 4.52. The summed E-state index contributed by atoms with van der Waals surface area (Å²) in [6.07, 6.45) is 5.05. The van der Waals surface area contributed by atoms with Crippen molar-refractivity contribution in [3.63, 3.8) is 0 Å². The molecule has 0 radical (unpaired) electrons. The van der Waals surface area contributed by atoms with E-state index in [0.717, 1.165) is 19.5 Å². The first kappa shape index (κ1) is 17.2. The maximum Gasteiger partial charge on any atom is 0.170 e. The highest BCUT2D eigenvalue weighted by Crippen LogP contribution is 2.16. The van der Waals surface area contributed by atoms with E-state index in [4.69, 9.17) is 12.2 Å². The highest BCUT2D eigenvalue weighted by Gasteiger charge is 2.17. The Hall–Kier alpha value is -1.20. The van der Waals surface area contributed by atoms with Gasteiger partial charge in [-0.3, -0.25) is 0 Å². The monoisotopic (exact) mass is 323 g/mol. The van der Waals surface area contributed by atoms with E-state index in [-0.39, 0.29) is 5.82 Å². The van der Waals surface area contributed by atoms with E-state index in [2.05, 4.69) is 22.5 Å². The van der Waals surface area contributed by atoms with Gasteiger partial charge in [0.25, 0.3) is 0 Å². The predicted octanol–water partition coefficient (Wildman–Crippen LogP) is 3.69. The maximum absolute atomic E-state index is 13.5. The van der Waals surface area contributed by atoms with Gasteiger partial charge in [-0.1, -0.05) is 12.5 Å². The Morgan fingerprint density at radius 1 is 1.41 bits per heavy atom. The van der Waals surface area contributed by atoms with E-state index in [1.165, 1.54) is 31.9 Å². The van der Waals surface area contributed by atoms with Gasteiger partial charge in [0.1, 0.15) is 5.82 Å². The van der Waals surface area contributed by atoms with Gasteiger partial charge < -0.3 is 15.5 Å². The van der Waals surface area contributed by atoms with Crippen LogP contribution in [0.1, 0.15) is 38.2 Å². The van der Waals surface area contributed by atoms with Crippen molar-refractivity contribution in [3.8, 4) is 0 Å². The molecular formula is C17H26FN3S. The maximum atomic E-state index is 13.5. The van der Waals surface area contributed by atoms with Crippen LogP contribution in [0.25, 0.3) is 0 Å². The Morgan fingerprint density at radius 3 is 2.95 bits per heavy atom. The Labute approximate surface area is 138 Å². The van der Waals surface area contributed by atoms with Gasteiger partial charge in [-0.25, -0.2) is 4.39 Å². The first-order valence-corrected chi connectivity index (χ1v) is 8.52. The molecule has 1 atom stereocenters. The number of benzene rings is 1. The average molecular weight is 323 g/mol. The topological polar surface area (TPSA) is 27.3 Å². The van der Waals surface area contributed by atoms with E-state index < -0.39 is 0 Å². The molecule has 1 aromatic rings. The SMILES string of the molecule is Cc1ccc(NC(=S)NCCCN2CCCC[C@@H]2C)cc1F. The Balaban J connectivity index is 1.66. The van der Waals surface area contributed by atoms with Gasteiger partial charge in [0.05, 0.1) is 0 Å². The number of piperidine rings is 1. The number of nitrogens with one attached hydrogen (secondary N) is 2. The molecule has 0 spiro atoms. The van der Waals surface area contributed by atoms with Gasteiger partial charge in [-0.15, -0.1) is 0 Å². The molecule has 1 aliphatic rings. The number of anilines is 1. The zero-order valence-corrected chi connectivity index (χ0v) is 14.3. The summed E-state index contributed by atoms with van der Waals surface area (Å²) in [5, 5.41) is 6.77. The molecule has 0 saturated carbocycles. The summed E-state index contributed by atoms with van der Waals surface area (Å²) in [4.78, 5) is 2.55. The highest BCUT2D eigenvalue weighted by atomic mass is 32.1. The lowest BCUT2D eigenvalue weighted by molar-refractivity contribution is 0.159. The molecule has 0 amide bonds. The normalized spacial score (nSPS) is 19.0. The Bertz CT molecular complexity index is 507. The molecule has 5 heteroatoms. The Morgan fingerprint density at radius 2 is 2.23 bits per heavy atom. The molecule has 1 heterocycles. The van der Waals surface area contributed by atoms with Crippen LogP contribution in [0.3, 0.4) is 0 Å². The van der Waals surface area contributed by atoms with Gasteiger partial charge in [0.2, 0.25) is 0 Å². The zero-order chi connectivity index (χ0) is 15.9. The second-order valence-electron chi connectivity index (χ2n) is 6.08. The van der Waals surface area contributed by atoms with Crippen LogP contribution in [0.5, 0.6) is 0 Å². The van der Waals surface area contributed by atoms with Gasteiger partial charge in [-0.05, 0) is 69.6 Å². The van der Waals surface area contributed by atoms with Crippen LogP contribution in [-0.4, -0.2) is 35.7 Å². The second kappa shape index (κ2) is 8.44. The molecule has 122 valence electrons. The van der Waals surface area contributed by atoms with E-state index in [0.29, 0.717) is 22.4 Å². The van der Waals surface area contributed by atoms with Crippen LogP contribution in [0.4, 0.5) is 10.1 Å². The summed E-state index contributed by atoms with van der Waals surface area (Å²) < 4.78 is 13.5. The van der Waals surface area contributed by atoms with Crippen molar-refractivity contribution in [1.82, 2.24) is 10.2 Å². The fourth-order valence-electron chi connectivity index (χ4n) is 2.82. The standard InChI is InChI=1S/C17H26FN3S/c1-13-7-8-15(12-16(13)18)20-17(22)19-9-5-11-21-10-4-3-6-14(21)2/h7-8,12,14H,3-6,9-11H2,1-2H3,(H2,19,20,22)/t14-/m0/s1. The summed E-state index contributed by atoms with van der Waals surface area (Å²) in [6, 6.07) is 5.76. The van der Waals surface area contributed by atoms with Crippen LogP contribution in [0.2, 0.25) is 0 Å². The fourth-order valence-corrected chi connectivity index (χ4v) is 3.04. The largest absolute Gasteiger partial charge is 0.362 e. The van der Waals surface area contributed by atoms with Crippen molar-refractivity contribution < 1.29 is 4.39 Å². The first-order chi connectivity index (χ1) is 10.6. The third kappa shape index (κ3) is 5.21. The molecule has 3 nitrogen and oxygen atoms in total. The minimum absolute atomic E-state index is 0.216. The molecule has 2 rings (SSSR count). The van der Waals surface area contributed by atoms with Gasteiger partial charge in [-0.2, -0.15) is 0 Å². The van der Waals surface area contributed by atoms with Crippen LogP contribution in [-0.2, 0) is 0 Å². The summed E-state index contributed by atoms with van der Waals surface area (Å²) in [5.74, 6) is -0.216. The number of likely N-dealkylation sites (tertiary alicyclic amines) is 1. The van der Waals surface area contributed by atoms with Crippen molar-refractivity contribution >= 4 is 23.0 Å². The third-order valence-electron chi connectivity index (χ3n) is 4.28. The van der Waals surface area contributed by atoms with E-state index in [9.17, 15) is 4.39 Å². The average Bonchev–Trinajstić information content (AvgIpc) is 2.49. The van der Waals surface area contributed by atoms with Crippen LogP contribution in [0, 0.1) is 12.7 Å². The lowest BCUT2D eigenvalue weighted by Crippen LogP contribution is -2.39. The summed E-state index contributed by atoms with van der Waals surface area (Å²) >= 11 is 5.25. The molecule has 1 aromatic carbocycles. The lowest BCUT2D eigenvalue weighted by atomic mass is 10.0. The van der Waals surface area contributed by atoms with Crippen molar-refractivity contribution in [2.75, 3.05) is 25.0 Å². The first-order valence-electron chi connectivity index (χ1n) is 8.11. The summed E-state index contributed by atoms with van der Waals surface area (Å²) in [6.45, 7) is 7.22. The molecule has 0 aromatic heterocycles. The molecule has 0 bridgehead atoms. The van der Waals surface area contributed by atoms with Crippen molar-refractivity contribution in [2.45, 2.75) is 45.6 Å². The van der Waals surface area contributed by atoms with E-state index in [1.807, 2.05) is 6.07 Å². The van der Waals surface area contributed by atoms with Gasteiger partial charge >= 0.3 is 0 Å². The zero-order valence-electron chi connectivity index (χ0n) is 13.5. The number of rotatable bonds is 5. The molecule has 2 N–H and O–H groups in total. The van der Waals surface area contributed by atoms with E-state index in [1.54, 1.807) is 13.0 Å². The molecule has 1 saturated heterocycles. The number of hydrogen-bond acceptors (Lipinski definition) is 2. The molecule has 1 fully saturated rings. The minimum atomic E-state index is -0.216. The highest BCUT2D eigenvalue weighted by molar-refractivity contribution is 7.80. The molecule has 1 aliphatic heterocycles. The molecular weight excluding hydrogens is 297 g/mol. The quantitative estimate of drug-likeness (QED) is 0.638. The number of halogens is 1. The van der Waals surface area contributed by atoms with Gasteiger partial charge in [0, 0.05) is 24.8 Å². The molecule has 22 heavy (non-hydrogen) atoms. The second-order valence-corrected chi connectivity index (χ2v) is 6.49. The molecule has 0 unspecified atom stereocenters. The number of nitrogens with zero attached hydrogens (tertiary/aromatic N) is 1. The smallest absolute Gasteiger partial charge is 0.170 e. The van der Waals surface area contributed by atoms with Crippen LogP contribution in [0.15, 0.2) is 18.2 Å². The number of aryl methyl sites for hydroxylation is 1. The van der Waals surface area contributed by atoms with Crippen LogP contribution < -0.4 is 10.6 Å². The van der Waals surface area contributed by atoms with E-state index >= 15 is 0 Å². The number of thiocarbonyl (C=S) groups is 1. The summed E-state index contributed by atoms with van der Waals surface area (Å²) in [5.41, 5.74) is 1.32. The number of hydrogen-bond donors (Lipinski definition) is 2. The Kier molecular flexibility index (Phi) is 6.58. The minimum Gasteiger partial charge on any atom is -0.362 e. The predicted molar refractivity (Wildman–Crippen MR) is 94.9 cm³/mol. The van der Waals surface area contributed by atoms with Gasteiger partial charge in [0.15, 0.2) is 5.11 Å². The summed E-state index contributed by atoms with van der Waals surface area (Å²) in [7, 11) is 0. The van der Waals surface area contributed by atoms with Crippen molar-refractivity contribution in [2.24, 2.45) is 0 Å².